The van der Waals surface area contributed by atoms with E-state index < -0.39 is 0 Å². The van der Waals surface area contributed by atoms with E-state index in [1.807, 2.05) is 0 Å². The van der Waals surface area contributed by atoms with Gasteiger partial charge in [0.05, 0.1) is 13.2 Å². The summed E-state index contributed by atoms with van der Waals surface area (Å²) >= 11 is 0. The number of likely N-dealkylation sites (N-methyl/N-ethyl adjacent to an activating group) is 1. The molecule has 0 bridgehead atoms. The highest BCUT2D eigenvalue weighted by atomic mass is 16.5. The predicted molar refractivity (Wildman–Crippen MR) is 73.4 cm³/mol. The lowest BCUT2D eigenvalue weighted by Gasteiger charge is -2.52. The first-order valence-corrected chi connectivity index (χ1v) is 6.86. The molecule has 0 saturated carbocycles. The zero-order valence-corrected chi connectivity index (χ0v) is 12.5. The number of morpholine rings is 1. The molecule has 17 heavy (non-hydrogen) atoms. The van der Waals surface area contributed by atoms with Crippen molar-refractivity contribution in [3.63, 3.8) is 0 Å². The molecule has 3 nitrogen and oxygen atoms in total. The van der Waals surface area contributed by atoms with Gasteiger partial charge in [0, 0.05) is 24.7 Å². The predicted octanol–water partition coefficient (Wildman–Crippen LogP) is 2.12. The molecule has 0 amide bonds. The zero-order chi connectivity index (χ0) is 13.1. The molecule has 1 aliphatic rings. The van der Waals surface area contributed by atoms with Gasteiger partial charge in [0.1, 0.15) is 0 Å². The maximum atomic E-state index is 5.48. The van der Waals surface area contributed by atoms with Crippen LogP contribution in [-0.2, 0) is 4.74 Å². The summed E-state index contributed by atoms with van der Waals surface area (Å²) < 4.78 is 5.48. The van der Waals surface area contributed by atoms with Crippen molar-refractivity contribution >= 4 is 0 Å². The van der Waals surface area contributed by atoms with Crippen LogP contribution in [0.2, 0.25) is 0 Å². The fraction of sp³-hybridized carbons (Fsp3) is 1.00. The summed E-state index contributed by atoms with van der Waals surface area (Å²) in [6.07, 6.45) is 1.16. The maximum Gasteiger partial charge on any atom is 0.0594 e. The fourth-order valence-corrected chi connectivity index (χ4v) is 3.36. The number of rotatable bonds is 4. The fourth-order valence-electron chi connectivity index (χ4n) is 3.36. The molecule has 0 aromatic heterocycles. The van der Waals surface area contributed by atoms with Gasteiger partial charge in [0.2, 0.25) is 0 Å². The van der Waals surface area contributed by atoms with Crippen LogP contribution in [0.25, 0.3) is 0 Å². The Labute approximate surface area is 107 Å². The van der Waals surface area contributed by atoms with Crippen LogP contribution < -0.4 is 5.32 Å². The van der Waals surface area contributed by atoms with Crippen LogP contribution in [0.15, 0.2) is 0 Å². The van der Waals surface area contributed by atoms with Gasteiger partial charge in [-0.1, -0.05) is 27.7 Å². The van der Waals surface area contributed by atoms with Crippen LogP contribution in [0.5, 0.6) is 0 Å². The molecule has 102 valence electrons. The number of nitrogens with one attached hydrogen (secondary N) is 1. The first kappa shape index (κ1) is 14.9. The monoisotopic (exact) mass is 242 g/mol. The Bertz CT molecular complexity index is 231. The summed E-state index contributed by atoms with van der Waals surface area (Å²) in [5.41, 5.74) is 0.467. The van der Waals surface area contributed by atoms with E-state index in [2.05, 4.69) is 51.9 Å². The van der Waals surface area contributed by atoms with Gasteiger partial charge in [0.25, 0.3) is 0 Å². The highest BCUT2D eigenvalue weighted by Crippen LogP contribution is 2.34. The SMILES string of the molecule is CCC(C)(C(NC)C(C)(C)C)N1CCOCC1. The van der Waals surface area contributed by atoms with Gasteiger partial charge in [-0.2, -0.15) is 0 Å². The minimum atomic E-state index is 0.205. The van der Waals surface area contributed by atoms with Gasteiger partial charge in [0.15, 0.2) is 0 Å². The van der Waals surface area contributed by atoms with E-state index in [-0.39, 0.29) is 11.0 Å². The molecule has 1 aliphatic heterocycles. The summed E-state index contributed by atoms with van der Waals surface area (Å²) in [5, 5.41) is 3.55. The Morgan fingerprint density at radius 2 is 1.71 bits per heavy atom. The normalized spacial score (nSPS) is 24.4. The Morgan fingerprint density at radius 1 is 1.18 bits per heavy atom. The van der Waals surface area contributed by atoms with Crippen molar-refractivity contribution in [1.29, 1.82) is 0 Å². The van der Waals surface area contributed by atoms with E-state index in [1.54, 1.807) is 0 Å². The highest BCUT2D eigenvalue weighted by Gasteiger charge is 2.43. The van der Waals surface area contributed by atoms with Crippen molar-refractivity contribution in [2.75, 3.05) is 33.4 Å². The van der Waals surface area contributed by atoms with Gasteiger partial charge in [-0.25, -0.2) is 0 Å². The van der Waals surface area contributed by atoms with Crippen LogP contribution in [0, 0.1) is 5.41 Å². The summed E-state index contributed by atoms with van der Waals surface area (Å²) in [4.78, 5) is 2.60. The molecule has 1 heterocycles. The van der Waals surface area contributed by atoms with E-state index in [1.165, 1.54) is 0 Å². The zero-order valence-electron chi connectivity index (χ0n) is 12.5. The van der Waals surface area contributed by atoms with Crippen LogP contribution in [0.1, 0.15) is 41.0 Å². The molecule has 1 N–H and O–H groups in total. The van der Waals surface area contributed by atoms with E-state index in [4.69, 9.17) is 4.74 Å². The first-order chi connectivity index (χ1) is 7.86. The van der Waals surface area contributed by atoms with Crippen molar-refractivity contribution in [1.82, 2.24) is 10.2 Å². The van der Waals surface area contributed by atoms with Gasteiger partial charge < -0.3 is 10.1 Å². The van der Waals surface area contributed by atoms with Crippen molar-refractivity contribution in [3.8, 4) is 0 Å². The van der Waals surface area contributed by atoms with Gasteiger partial charge in [-0.05, 0) is 25.8 Å². The van der Waals surface area contributed by atoms with Crippen molar-refractivity contribution in [2.24, 2.45) is 5.41 Å². The van der Waals surface area contributed by atoms with E-state index >= 15 is 0 Å². The highest BCUT2D eigenvalue weighted by molar-refractivity contribution is 5.01. The summed E-state index contributed by atoms with van der Waals surface area (Å²) in [6.45, 7) is 15.5. The standard InChI is InChI=1S/C14H30N2O/c1-7-14(5,12(15-6)13(2,3)4)16-8-10-17-11-9-16/h12,15H,7-11H2,1-6H3. The average molecular weight is 242 g/mol. The summed E-state index contributed by atoms with van der Waals surface area (Å²) in [6, 6.07) is 0.484. The minimum Gasteiger partial charge on any atom is -0.379 e. The minimum absolute atomic E-state index is 0.205. The molecule has 1 rings (SSSR count). The molecule has 2 atom stereocenters. The van der Waals surface area contributed by atoms with E-state index in [9.17, 15) is 0 Å². The van der Waals surface area contributed by atoms with E-state index in [0.29, 0.717) is 6.04 Å². The summed E-state index contributed by atoms with van der Waals surface area (Å²) in [5.74, 6) is 0. The number of nitrogens with zero attached hydrogens (tertiary/aromatic N) is 1. The molecular weight excluding hydrogens is 212 g/mol. The average Bonchev–Trinajstić information content (AvgIpc) is 2.29. The molecule has 0 aromatic carbocycles. The van der Waals surface area contributed by atoms with E-state index in [0.717, 1.165) is 32.7 Å². The lowest BCUT2D eigenvalue weighted by atomic mass is 9.72. The van der Waals surface area contributed by atoms with Crippen LogP contribution in [0.3, 0.4) is 0 Å². The largest absolute Gasteiger partial charge is 0.379 e. The van der Waals surface area contributed by atoms with Gasteiger partial charge >= 0.3 is 0 Å². The molecule has 1 saturated heterocycles. The van der Waals surface area contributed by atoms with Crippen molar-refractivity contribution in [3.05, 3.63) is 0 Å². The second-order valence-electron chi connectivity index (χ2n) is 6.40. The molecule has 0 radical (unpaired) electrons. The topological polar surface area (TPSA) is 24.5 Å². The molecule has 0 aromatic rings. The Kier molecular flexibility index (Phi) is 4.99. The molecule has 3 heteroatoms. The Morgan fingerprint density at radius 3 is 2.06 bits per heavy atom. The Balaban J connectivity index is 2.91. The third-order valence-corrected chi connectivity index (χ3v) is 4.23. The van der Waals surface area contributed by atoms with Crippen LogP contribution >= 0.6 is 0 Å². The number of hydrogen-bond acceptors (Lipinski definition) is 3. The number of hydrogen-bond donors (Lipinski definition) is 1. The second kappa shape index (κ2) is 5.68. The molecule has 1 fully saturated rings. The number of ether oxygens (including phenoxy) is 1. The quantitative estimate of drug-likeness (QED) is 0.817. The van der Waals surface area contributed by atoms with Crippen molar-refractivity contribution < 1.29 is 4.74 Å². The smallest absolute Gasteiger partial charge is 0.0594 e. The van der Waals surface area contributed by atoms with Crippen LogP contribution in [-0.4, -0.2) is 49.8 Å². The molecule has 2 unspecified atom stereocenters. The lowest BCUT2D eigenvalue weighted by molar-refractivity contribution is -0.0478. The first-order valence-electron chi connectivity index (χ1n) is 6.86. The summed E-state index contributed by atoms with van der Waals surface area (Å²) in [7, 11) is 2.09. The molecular formula is C14H30N2O. The molecule has 0 spiro atoms. The van der Waals surface area contributed by atoms with Crippen molar-refractivity contribution in [2.45, 2.75) is 52.6 Å². The maximum absolute atomic E-state index is 5.48. The van der Waals surface area contributed by atoms with Gasteiger partial charge in [-0.15, -0.1) is 0 Å². The van der Waals surface area contributed by atoms with Crippen LogP contribution in [0.4, 0.5) is 0 Å². The van der Waals surface area contributed by atoms with Gasteiger partial charge in [-0.3, -0.25) is 4.90 Å². The molecule has 0 aliphatic carbocycles. The third-order valence-electron chi connectivity index (χ3n) is 4.23. The third kappa shape index (κ3) is 3.21. The second-order valence-corrected chi connectivity index (χ2v) is 6.40. The lowest BCUT2D eigenvalue weighted by Crippen LogP contribution is -2.65. The Hall–Kier alpha value is -0.120.